The van der Waals surface area contributed by atoms with Crippen molar-refractivity contribution in [2.24, 2.45) is 0 Å². The van der Waals surface area contributed by atoms with E-state index in [-0.39, 0.29) is 11.6 Å². The molecule has 0 saturated carbocycles. The minimum atomic E-state index is 0.0396. The molecule has 0 bridgehead atoms. The van der Waals surface area contributed by atoms with Gasteiger partial charge in [-0.3, -0.25) is 9.59 Å². The van der Waals surface area contributed by atoms with Gasteiger partial charge in [-0.2, -0.15) is 0 Å². The summed E-state index contributed by atoms with van der Waals surface area (Å²) in [5.41, 5.74) is 7.80. The normalized spacial score (nSPS) is 10.1. The van der Waals surface area contributed by atoms with E-state index < -0.39 is 0 Å². The number of carbonyl (C=O) groups excluding carboxylic acids is 2. The molecule has 0 radical (unpaired) electrons. The molecule has 5 nitrogen and oxygen atoms in total. The SMILES string of the molecule is CCc1cc(C(C)=O)cc(C)c1O.CCc1cc(C(C)=O)cc(C)c1O.CCc1cc(C)cc(C)c1O. The molecule has 3 N–H and O–H groups in total. The molecule has 0 atom stereocenters. The Morgan fingerprint density at radius 2 is 0.838 bits per heavy atom. The molecule has 3 aromatic rings. The van der Waals surface area contributed by atoms with Crippen LogP contribution in [0.25, 0.3) is 0 Å². The predicted octanol–water partition coefficient (Wildman–Crippen LogP) is 7.50. The first-order chi connectivity index (χ1) is 17.3. The molecule has 200 valence electrons. The van der Waals surface area contributed by atoms with E-state index in [0.29, 0.717) is 28.4 Å². The first-order valence-corrected chi connectivity index (χ1v) is 12.7. The molecule has 0 unspecified atom stereocenters. The van der Waals surface area contributed by atoms with Crippen LogP contribution in [0.1, 0.15) is 94.3 Å². The number of Topliss-reactive ketones (excluding diaryl/α,β-unsaturated/α-hetero) is 2. The number of carbonyl (C=O) groups is 2. The minimum Gasteiger partial charge on any atom is -0.507 e. The molecule has 0 aliphatic heterocycles. The van der Waals surface area contributed by atoms with Crippen LogP contribution in [0, 0.1) is 27.7 Å². The van der Waals surface area contributed by atoms with Crippen LogP contribution in [0.15, 0.2) is 36.4 Å². The van der Waals surface area contributed by atoms with Gasteiger partial charge in [0, 0.05) is 11.1 Å². The highest BCUT2D eigenvalue weighted by Gasteiger charge is 2.08. The Morgan fingerprint density at radius 3 is 1.14 bits per heavy atom. The van der Waals surface area contributed by atoms with E-state index in [1.165, 1.54) is 19.4 Å². The van der Waals surface area contributed by atoms with Gasteiger partial charge in [0.15, 0.2) is 11.6 Å². The summed E-state index contributed by atoms with van der Waals surface area (Å²) < 4.78 is 0. The van der Waals surface area contributed by atoms with Crippen LogP contribution < -0.4 is 0 Å². The number of benzene rings is 3. The number of rotatable bonds is 5. The average molecular weight is 507 g/mol. The number of ketones is 2. The summed E-state index contributed by atoms with van der Waals surface area (Å²) >= 11 is 0. The van der Waals surface area contributed by atoms with Crippen LogP contribution >= 0.6 is 0 Å². The zero-order valence-electron chi connectivity index (χ0n) is 23.7. The molecule has 3 aromatic carbocycles. The smallest absolute Gasteiger partial charge is 0.159 e. The fourth-order valence-electron chi connectivity index (χ4n) is 3.97. The van der Waals surface area contributed by atoms with Crippen LogP contribution in [0.5, 0.6) is 17.2 Å². The third kappa shape index (κ3) is 8.78. The molecule has 0 aliphatic rings. The summed E-state index contributed by atoms with van der Waals surface area (Å²) in [6, 6.07) is 11.0. The summed E-state index contributed by atoms with van der Waals surface area (Å²) in [6.07, 6.45) is 2.38. The minimum absolute atomic E-state index is 0.0396. The Morgan fingerprint density at radius 1 is 0.541 bits per heavy atom. The lowest BCUT2D eigenvalue weighted by molar-refractivity contribution is 0.100. The van der Waals surface area contributed by atoms with Gasteiger partial charge < -0.3 is 15.3 Å². The van der Waals surface area contributed by atoms with E-state index in [2.05, 4.69) is 0 Å². The van der Waals surface area contributed by atoms with Crippen molar-refractivity contribution in [2.45, 2.75) is 81.6 Å². The Kier molecular flexibility index (Phi) is 12.1. The van der Waals surface area contributed by atoms with Crippen molar-refractivity contribution >= 4 is 11.6 Å². The van der Waals surface area contributed by atoms with E-state index in [4.69, 9.17) is 0 Å². The van der Waals surface area contributed by atoms with Crippen LogP contribution in [0.2, 0.25) is 0 Å². The highest BCUT2D eigenvalue weighted by atomic mass is 16.3. The number of hydrogen-bond donors (Lipinski definition) is 3. The molecular formula is C32H42O5. The first-order valence-electron chi connectivity index (χ1n) is 12.7. The van der Waals surface area contributed by atoms with Crippen molar-refractivity contribution in [3.63, 3.8) is 0 Å². The third-order valence-electron chi connectivity index (χ3n) is 6.24. The molecule has 0 spiro atoms. The van der Waals surface area contributed by atoms with Gasteiger partial charge >= 0.3 is 0 Å². The van der Waals surface area contributed by atoms with Crippen LogP contribution in [-0.2, 0) is 19.3 Å². The zero-order valence-corrected chi connectivity index (χ0v) is 23.7. The van der Waals surface area contributed by atoms with Gasteiger partial charge in [-0.1, -0.05) is 38.5 Å². The predicted molar refractivity (Wildman–Crippen MR) is 151 cm³/mol. The largest absolute Gasteiger partial charge is 0.507 e. The maximum atomic E-state index is 11.1. The maximum absolute atomic E-state index is 11.1. The van der Waals surface area contributed by atoms with Crippen LogP contribution in [0.3, 0.4) is 0 Å². The zero-order chi connectivity index (χ0) is 28.4. The fourth-order valence-corrected chi connectivity index (χ4v) is 3.97. The van der Waals surface area contributed by atoms with Crippen molar-refractivity contribution in [3.05, 3.63) is 86.5 Å². The Hall–Kier alpha value is -3.60. The van der Waals surface area contributed by atoms with Gasteiger partial charge in [0.25, 0.3) is 0 Å². The molecule has 0 saturated heterocycles. The molecular weight excluding hydrogens is 464 g/mol. The van der Waals surface area contributed by atoms with Crippen LogP contribution in [0.4, 0.5) is 0 Å². The highest BCUT2D eigenvalue weighted by Crippen LogP contribution is 2.26. The van der Waals surface area contributed by atoms with Gasteiger partial charge in [0.2, 0.25) is 0 Å². The number of phenols is 3. The van der Waals surface area contributed by atoms with Crippen molar-refractivity contribution in [1.82, 2.24) is 0 Å². The number of phenolic OH excluding ortho intramolecular Hbond substituents is 3. The standard InChI is InChI=1S/2C11H14O2.C10H14O/c2*1-4-9-6-10(8(3)12)5-7(2)11(9)13;1-4-9-6-7(2)5-8(3)10(9)11/h2*5-6,13H,4H2,1-3H3;5-6,11H,4H2,1-3H3. The second kappa shape index (κ2) is 14.2. The van der Waals surface area contributed by atoms with E-state index in [9.17, 15) is 24.9 Å². The molecule has 0 aliphatic carbocycles. The summed E-state index contributed by atoms with van der Waals surface area (Å²) in [7, 11) is 0. The molecule has 37 heavy (non-hydrogen) atoms. The Bertz CT molecular complexity index is 1190. The molecule has 0 heterocycles. The fraction of sp³-hybridized carbons (Fsp3) is 0.375. The topological polar surface area (TPSA) is 94.8 Å². The van der Waals surface area contributed by atoms with E-state index >= 15 is 0 Å². The van der Waals surface area contributed by atoms with E-state index in [0.717, 1.165) is 52.6 Å². The van der Waals surface area contributed by atoms with Gasteiger partial charge in [0.05, 0.1) is 0 Å². The van der Waals surface area contributed by atoms with Crippen molar-refractivity contribution < 1.29 is 24.9 Å². The average Bonchev–Trinajstić information content (AvgIpc) is 2.85. The monoisotopic (exact) mass is 506 g/mol. The lowest BCUT2D eigenvalue weighted by atomic mass is 10.0. The Balaban J connectivity index is 0.000000279. The van der Waals surface area contributed by atoms with Gasteiger partial charge in [-0.05, 0) is 118 Å². The lowest BCUT2D eigenvalue weighted by Gasteiger charge is -2.07. The summed E-state index contributed by atoms with van der Waals surface area (Å²) in [5.74, 6) is 1.16. The second-order valence-corrected chi connectivity index (χ2v) is 9.36. The summed E-state index contributed by atoms with van der Waals surface area (Å²) in [6.45, 7) is 16.6. The number of aromatic hydroxyl groups is 3. The third-order valence-corrected chi connectivity index (χ3v) is 6.24. The van der Waals surface area contributed by atoms with Gasteiger partial charge in [-0.15, -0.1) is 0 Å². The Labute approximate surface area is 221 Å². The number of aryl methyl sites for hydroxylation is 7. The highest BCUT2D eigenvalue weighted by molar-refractivity contribution is 5.95. The second-order valence-electron chi connectivity index (χ2n) is 9.36. The summed E-state index contributed by atoms with van der Waals surface area (Å²) in [5, 5.41) is 28.7. The van der Waals surface area contributed by atoms with Gasteiger partial charge in [0.1, 0.15) is 17.2 Å². The molecule has 3 rings (SSSR count). The number of hydrogen-bond acceptors (Lipinski definition) is 5. The molecule has 0 amide bonds. The lowest BCUT2D eigenvalue weighted by Crippen LogP contribution is -1.96. The summed E-state index contributed by atoms with van der Waals surface area (Å²) in [4.78, 5) is 22.2. The first kappa shape index (κ1) is 31.4. The van der Waals surface area contributed by atoms with Gasteiger partial charge in [-0.25, -0.2) is 0 Å². The molecule has 5 heteroatoms. The van der Waals surface area contributed by atoms with E-state index in [1.54, 1.807) is 38.1 Å². The van der Waals surface area contributed by atoms with Crippen molar-refractivity contribution in [1.29, 1.82) is 0 Å². The molecule has 0 fully saturated rings. The van der Waals surface area contributed by atoms with Crippen molar-refractivity contribution in [2.75, 3.05) is 0 Å². The quantitative estimate of drug-likeness (QED) is 0.311. The molecule has 0 aromatic heterocycles. The van der Waals surface area contributed by atoms with Crippen molar-refractivity contribution in [3.8, 4) is 17.2 Å². The van der Waals surface area contributed by atoms with E-state index in [1.807, 2.05) is 46.8 Å². The maximum Gasteiger partial charge on any atom is 0.159 e. The van der Waals surface area contributed by atoms with Crippen LogP contribution in [-0.4, -0.2) is 26.9 Å².